The molecule has 0 bridgehead atoms. The third-order valence-electron chi connectivity index (χ3n) is 2.52. The highest BCUT2D eigenvalue weighted by Crippen LogP contribution is 2.11. The predicted octanol–water partition coefficient (Wildman–Crippen LogP) is -0.143. The van der Waals surface area contributed by atoms with E-state index in [1.54, 1.807) is 13.8 Å². The maximum atomic E-state index is 11.7. The molecule has 7 nitrogen and oxygen atoms in total. The third kappa shape index (κ3) is 5.33. The van der Waals surface area contributed by atoms with Crippen molar-refractivity contribution >= 4 is 15.9 Å². The second-order valence-corrected chi connectivity index (χ2v) is 5.78. The molecule has 0 aromatic heterocycles. The summed E-state index contributed by atoms with van der Waals surface area (Å²) in [6, 6.07) is 0. The maximum Gasteiger partial charge on any atom is 0.212 e. The van der Waals surface area contributed by atoms with E-state index in [2.05, 4.69) is 9.88 Å². The van der Waals surface area contributed by atoms with E-state index in [0.29, 0.717) is 19.4 Å². The fourth-order valence-corrected chi connectivity index (χ4v) is 2.74. The Kier molecular flexibility index (Phi) is 6.43. The van der Waals surface area contributed by atoms with Crippen LogP contribution < -0.4 is 10.5 Å². The molecule has 0 aliphatic heterocycles. The number of rotatable bonds is 8. The van der Waals surface area contributed by atoms with Crippen LogP contribution in [0.15, 0.2) is 5.16 Å². The van der Waals surface area contributed by atoms with Gasteiger partial charge in [0, 0.05) is 13.7 Å². The normalized spacial score (nSPS) is 16.8. The highest BCUT2D eigenvalue weighted by molar-refractivity contribution is 7.89. The number of methoxy groups -OCH3 is 1. The van der Waals surface area contributed by atoms with Crippen molar-refractivity contribution in [1.82, 2.24) is 4.72 Å². The van der Waals surface area contributed by atoms with Crippen LogP contribution in [0.1, 0.15) is 26.7 Å². The third-order valence-corrected chi connectivity index (χ3v) is 4.11. The Morgan fingerprint density at radius 3 is 2.59 bits per heavy atom. The second kappa shape index (κ2) is 6.77. The summed E-state index contributed by atoms with van der Waals surface area (Å²) < 4.78 is 30.7. The number of sulfonamides is 1. The first-order chi connectivity index (χ1) is 7.81. The molecule has 0 aromatic carbocycles. The summed E-state index contributed by atoms with van der Waals surface area (Å²) in [5.41, 5.74) is 4.40. The Morgan fingerprint density at radius 2 is 2.18 bits per heavy atom. The summed E-state index contributed by atoms with van der Waals surface area (Å²) >= 11 is 0. The largest absolute Gasteiger partial charge is 0.409 e. The van der Waals surface area contributed by atoms with Crippen LogP contribution in [0, 0.1) is 0 Å². The van der Waals surface area contributed by atoms with Gasteiger partial charge >= 0.3 is 0 Å². The molecule has 0 saturated heterocycles. The smallest absolute Gasteiger partial charge is 0.212 e. The number of amidine groups is 1. The summed E-state index contributed by atoms with van der Waals surface area (Å²) in [6.07, 6.45) is 0.772. The van der Waals surface area contributed by atoms with Gasteiger partial charge < -0.3 is 15.7 Å². The van der Waals surface area contributed by atoms with E-state index < -0.39 is 15.6 Å². The average molecular weight is 267 g/mol. The maximum absolute atomic E-state index is 11.7. The molecule has 4 N–H and O–H groups in total. The Balaban J connectivity index is 4.67. The topological polar surface area (TPSA) is 114 Å². The van der Waals surface area contributed by atoms with E-state index in [1.165, 1.54) is 7.11 Å². The van der Waals surface area contributed by atoms with Crippen LogP contribution in [-0.4, -0.2) is 44.5 Å². The number of hydrogen-bond acceptors (Lipinski definition) is 5. The van der Waals surface area contributed by atoms with Crippen LogP contribution in [0.3, 0.4) is 0 Å². The van der Waals surface area contributed by atoms with Crippen molar-refractivity contribution in [2.24, 2.45) is 10.9 Å². The predicted molar refractivity (Wildman–Crippen MR) is 65.5 cm³/mol. The van der Waals surface area contributed by atoms with Gasteiger partial charge in [0.2, 0.25) is 10.0 Å². The monoisotopic (exact) mass is 267 g/mol. The minimum atomic E-state index is -3.48. The first-order valence-electron chi connectivity index (χ1n) is 5.30. The SMILES string of the molecule is CCC(C)(NS(=O)(=O)CCCOC)/C(N)=N/O. The molecule has 0 amide bonds. The number of nitrogens with one attached hydrogen (secondary N) is 1. The second-order valence-electron chi connectivity index (χ2n) is 3.94. The van der Waals surface area contributed by atoms with Gasteiger partial charge in [-0.15, -0.1) is 0 Å². The average Bonchev–Trinajstić information content (AvgIpc) is 2.27. The van der Waals surface area contributed by atoms with Gasteiger partial charge in [0.15, 0.2) is 5.84 Å². The van der Waals surface area contributed by atoms with Crippen LogP contribution in [-0.2, 0) is 14.8 Å². The Bertz CT molecular complexity index is 355. The quantitative estimate of drug-likeness (QED) is 0.186. The van der Waals surface area contributed by atoms with Crippen molar-refractivity contribution in [1.29, 1.82) is 0 Å². The van der Waals surface area contributed by atoms with Gasteiger partial charge in [-0.1, -0.05) is 12.1 Å². The van der Waals surface area contributed by atoms with E-state index in [4.69, 9.17) is 15.7 Å². The fraction of sp³-hybridized carbons (Fsp3) is 0.889. The summed E-state index contributed by atoms with van der Waals surface area (Å²) in [6.45, 7) is 3.68. The molecule has 1 unspecified atom stereocenters. The lowest BCUT2D eigenvalue weighted by Crippen LogP contribution is -2.55. The Morgan fingerprint density at radius 1 is 1.59 bits per heavy atom. The zero-order chi connectivity index (χ0) is 13.5. The van der Waals surface area contributed by atoms with Crippen molar-refractivity contribution in [3.63, 3.8) is 0 Å². The van der Waals surface area contributed by atoms with Gasteiger partial charge in [-0.05, 0) is 19.8 Å². The van der Waals surface area contributed by atoms with E-state index in [0.717, 1.165) is 0 Å². The van der Waals surface area contributed by atoms with E-state index in [-0.39, 0.29) is 11.6 Å². The van der Waals surface area contributed by atoms with E-state index in [9.17, 15) is 8.42 Å². The first-order valence-corrected chi connectivity index (χ1v) is 6.95. The molecule has 0 rings (SSSR count). The van der Waals surface area contributed by atoms with Gasteiger partial charge in [-0.25, -0.2) is 13.1 Å². The molecule has 0 aliphatic carbocycles. The fourth-order valence-electron chi connectivity index (χ4n) is 1.20. The zero-order valence-electron chi connectivity index (χ0n) is 10.4. The number of oxime groups is 1. The zero-order valence-corrected chi connectivity index (χ0v) is 11.2. The molecule has 0 radical (unpaired) electrons. The van der Waals surface area contributed by atoms with Gasteiger partial charge in [0.05, 0.1) is 11.3 Å². The molecular weight excluding hydrogens is 246 g/mol. The Labute approximate surface area is 102 Å². The molecule has 1 atom stereocenters. The molecule has 0 saturated carbocycles. The lowest BCUT2D eigenvalue weighted by atomic mass is 10.00. The summed E-state index contributed by atoms with van der Waals surface area (Å²) in [5.74, 6) is -0.217. The summed E-state index contributed by atoms with van der Waals surface area (Å²) in [7, 11) is -1.97. The van der Waals surface area contributed by atoms with Gasteiger partial charge in [-0.3, -0.25) is 0 Å². The van der Waals surface area contributed by atoms with E-state index in [1.807, 2.05) is 0 Å². The van der Waals surface area contributed by atoms with Crippen molar-refractivity contribution < 1.29 is 18.4 Å². The number of hydrogen-bond donors (Lipinski definition) is 3. The molecular formula is C9H21N3O4S. The molecule has 0 fully saturated rings. The van der Waals surface area contributed by atoms with Crippen LogP contribution in [0.4, 0.5) is 0 Å². The molecule has 0 heterocycles. The Hall–Kier alpha value is -0.860. The molecule has 0 aromatic rings. The standard InChI is InChI=1S/C9H21N3O4S/c1-4-9(2,8(10)11-13)12-17(14,15)7-5-6-16-3/h12-13H,4-7H2,1-3H3,(H2,10,11). The molecule has 17 heavy (non-hydrogen) atoms. The van der Waals surface area contributed by atoms with Gasteiger partial charge in [0.25, 0.3) is 0 Å². The molecule has 0 spiro atoms. The lowest BCUT2D eigenvalue weighted by Gasteiger charge is -2.27. The van der Waals surface area contributed by atoms with Crippen molar-refractivity contribution in [2.75, 3.05) is 19.5 Å². The number of ether oxygens (including phenoxy) is 1. The number of nitrogens with two attached hydrogens (primary N) is 1. The van der Waals surface area contributed by atoms with Crippen molar-refractivity contribution in [3.8, 4) is 0 Å². The molecule has 102 valence electrons. The van der Waals surface area contributed by atoms with Crippen LogP contribution in [0.5, 0.6) is 0 Å². The van der Waals surface area contributed by atoms with E-state index >= 15 is 0 Å². The van der Waals surface area contributed by atoms with Gasteiger partial charge in [-0.2, -0.15) is 0 Å². The molecule has 0 aliphatic rings. The lowest BCUT2D eigenvalue weighted by molar-refractivity contribution is 0.199. The van der Waals surface area contributed by atoms with Crippen molar-refractivity contribution in [3.05, 3.63) is 0 Å². The minimum Gasteiger partial charge on any atom is -0.409 e. The van der Waals surface area contributed by atoms with Crippen LogP contribution >= 0.6 is 0 Å². The van der Waals surface area contributed by atoms with Crippen LogP contribution in [0.25, 0.3) is 0 Å². The highest BCUT2D eigenvalue weighted by atomic mass is 32.2. The molecule has 8 heteroatoms. The number of nitrogens with zero attached hydrogens (tertiary/aromatic N) is 1. The van der Waals surface area contributed by atoms with Crippen molar-refractivity contribution in [2.45, 2.75) is 32.2 Å². The summed E-state index contributed by atoms with van der Waals surface area (Å²) in [5, 5.41) is 11.5. The first kappa shape index (κ1) is 16.1. The minimum absolute atomic E-state index is 0.0604. The van der Waals surface area contributed by atoms with Gasteiger partial charge in [0.1, 0.15) is 0 Å². The highest BCUT2D eigenvalue weighted by Gasteiger charge is 2.32. The van der Waals surface area contributed by atoms with Crippen LogP contribution in [0.2, 0.25) is 0 Å². The summed E-state index contributed by atoms with van der Waals surface area (Å²) in [4.78, 5) is 0.